The molecule has 1 aromatic carbocycles. The summed E-state index contributed by atoms with van der Waals surface area (Å²) in [4.78, 5) is 2.51. The van der Waals surface area contributed by atoms with E-state index in [1.54, 1.807) is 0 Å². The Morgan fingerprint density at radius 2 is 1.88 bits per heavy atom. The third-order valence-corrected chi connectivity index (χ3v) is 3.16. The number of nitrogens with zero attached hydrogens (tertiary/aromatic N) is 1. The van der Waals surface area contributed by atoms with E-state index >= 15 is 0 Å². The minimum Gasteiger partial charge on any atom is -0.384 e. The fraction of sp³-hybridized carbons (Fsp3) is 0.600. The summed E-state index contributed by atoms with van der Waals surface area (Å²) in [7, 11) is 0. The molecule has 0 aliphatic heterocycles. The van der Waals surface area contributed by atoms with Crippen LogP contribution in [0.4, 0.5) is 5.69 Å². The summed E-state index contributed by atoms with van der Waals surface area (Å²) >= 11 is 0. The molecule has 17 heavy (non-hydrogen) atoms. The third-order valence-electron chi connectivity index (χ3n) is 3.16. The lowest BCUT2D eigenvalue weighted by atomic mass is 10.2. The zero-order valence-corrected chi connectivity index (χ0v) is 11.5. The van der Waals surface area contributed by atoms with Gasteiger partial charge in [-0.3, -0.25) is 0 Å². The molecule has 2 nitrogen and oxygen atoms in total. The Bertz CT molecular complexity index is 310. The zero-order chi connectivity index (χ0) is 12.5. The van der Waals surface area contributed by atoms with E-state index in [2.05, 4.69) is 55.3 Å². The van der Waals surface area contributed by atoms with Gasteiger partial charge in [-0.15, -0.1) is 0 Å². The molecular weight excluding hydrogens is 208 g/mol. The summed E-state index contributed by atoms with van der Waals surface area (Å²) in [5, 5.41) is 3.51. The van der Waals surface area contributed by atoms with E-state index in [0.717, 1.165) is 19.6 Å². The summed E-state index contributed by atoms with van der Waals surface area (Å²) in [5.74, 6) is 0. The Morgan fingerprint density at radius 3 is 2.53 bits per heavy atom. The predicted molar refractivity (Wildman–Crippen MR) is 76.7 cm³/mol. The molecule has 0 bridgehead atoms. The molecule has 1 aromatic rings. The average Bonchev–Trinajstić information content (AvgIpc) is 2.35. The molecule has 0 atom stereocenters. The number of para-hydroxylation sites is 1. The summed E-state index contributed by atoms with van der Waals surface area (Å²) in [6, 6.07) is 8.47. The Labute approximate surface area is 106 Å². The van der Waals surface area contributed by atoms with Crippen LogP contribution >= 0.6 is 0 Å². The molecule has 0 aliphatic carbocycles. The molecule has 0 amide bonds. The highest BCUT2D eigenvalue weighted by molar-refractivity contribution is 5.50. The summed E-state index contributed by atoms with van der Waals surface area (Å²) in [5.41, 5.74) is 2.59. The van der Waals surface area contributed by atoms with Gasteiger partial charge in [0.1, 0.15) is 0 Å². The number of hydrogen-bond acceptors (Lipinski definition) is 2. The van der Waals surface area contributed by atoms with Crippen molar-refractivity contribution in [2.24, 2.45) is 0 Å². The Morgan fingerprint density at radius 1 is 1.12 bits per heavy atom. The van der Waals surface area contributed by atoms with Crippen LogP contribution in [0, 0.1) is 6.92 Å². The fourth-order valence-electron chi connectivity index (χ4n) is 1.93. The molecule has 0 spiro atoms. The molecular formula is C15H26N2. The van der Waals surface area contributed by atoms with E-state index in [0.29, 0.717) is 0 Å². The number of nitrogens with one attached hydrogen (secondary N) is 1. The van der Waals surface area contributed by atoms with Gasteiger partial charge in [-0.25, -0.2) is 0 Å². The second kappa shape index (κ2) is 8.13. The molecule has 0 unspecified atom stereocenters. The third kappa shape index (κ3) is 5.22. The lowest BCUT2D eigenvalue weighted by Gasteiger charge is -2.20. The first-order chi connectivity index (χ1) is 8.27. The number of rotatable bonds is 8. The quantitative estimate of drug-likeness (QED) is 0.740. The number of anilines is 1. The number of unbranched alkanes of at least 4 members (excludes halogenated alkanes) is 1. The lowest BCUT2D eigenvalue weighted by molar-refractivity contribution is 0.294. The van der Waals surface area contributed by atoms with Gasteiger partial charge in [-0.1, -0.05) is 38.5 Å². The van der Waals surface area contributed by atoms with E-state index in [1.165, 1.54) is 30.6 Å². The smallest absolute Gasteiger partial charge is 0.0370 e. The number of likely N-dealkylation sites (N-methyl/N-ethyl adjacent to an activating group) is 1. The van der Waals surface area contributed by atoms with Crippen LogP contribution in [0.3, 0.4) is 0 Å². The lowest BCUT2D eigenvalue weighted by Crippen LogP contribution is -2.30. The highest BCUT2D eigenvalue weighted by Crippen LogP contribution is 2.12. The van der Waals surface area contributed by atoms with Crippen molar-refractivity contribution < 1.29 is 0 Å². The van der Waals surface area contributed by atoms with Gasteiger partial charge in [-0.05, 0) is 38.1 Å². The van der Waals surface area contributed by atoms with E-state index in [-0.39, 0.29) is 0 Å². The normalized spacial score (nSPS) is 10.8. The molecule has 0 radical (unpaired) electrons. The number of hydrogen-bond donors (Lipinski definition) is 1. The average molecular weight is 234 g/mol. The first kappa shape index (κ1) is 14.0. The topological polar surface area (TPSA) is 15.3 Å². The van der Waals surface area contributed by atoms with Crippen molar-refractivity contribution in [3.8, 4) is 0 Å². The molecule has 0 fully saturated rings. The largest absolute Gasteiger partial charge is 0.384 e. The van der Waals surface area contributed by atoms with Crippen LogP contribution in [0.25, 0.3) is 0 Å². The summed E-state index contributed by atoms with van der Waals surface area (Å²) < 4.78 is 0. The van der Waals surface area contributed by atoms with Gasteiger partial charge in [0.15, 0.2) is 0 Å². The van der Waals surface area contributed by atoms with E-state index in [4.69, 9.17) is 0 Å². The predicted octanol–water partition coefficient (Wildman–Crippen LogP) is 3.53. The molecule has 0 heterocycles. The highest BCUT2D eigenvalue weighted by atomic mass is 15.1. The van der Waals surface area contributed by atoms with Crippen LogP contribution in [0.15, 0.2) is 24.3 Å². The Balaban J connectivity index is 2.28. The van der Waals surface area contributed by atoms with Crippen LogP contribution in [0.5, 0.6) is 0 Å². The van der Waals surface area contributed by atoms with Crippen LogP contribution in [0.1, 0.15) is 32.3 Å². The first-order valence-electron chi connectivity index (χ1n) is 6.79. The second-order valence-electron chi connectivity index (χ2n) is 4.53. The molecule has 2 heteroatoms. The van der Waals surface area contributed by atoms with Gasteiger partial charge in [0.25, 0.3) is 0 Å². The van der Waals surface area contributed by atoms with Crippen LogP contribution in [-0.2, 0) is 0 Å². The molecule has 1 rings (SSSR count). The SMILES string of the molecule is CCCCN(CC)CCNc1ccccc1C. The molecule has 0 aliphatic rings. The Kier molecular flexibility index (Phi) is 6.71. The van der Waals surface area contributed by atoms with Crippen LogP contribution in [-0.4, -0.2) is 31.1 Å². The van der Waals surface area contributed by atoms with Gasteiger partial charge >= 0.3 is 0 Å². The number of aryl methyl sites for hydroxylation is 1. The van der Waals surface area contributed by atoms with Gasteiger partial charge < -0.3 is 10.2 Å². The standard InChI is InChI=1S/C15H26N2/c1-4-6-12-17(5-2)13-11-16-15-10-8-7-9-14(15)3/h7-10,16H,4-6,11-13H2,1-3H3. The van der Waals surface area contributed by atoms with Crippen molar-refractivity contribution in [2.45, 2.75) is 33.6 Å². The van der Waals surface area contributed by atoms with Gasteiger partial charge in [0.05, 0.1) is 0 Å². The van der Waals surface area contributed by atoms with Gasteiger partial charge in [-0.2, -0.15) is 0 Å². The van der Waals surface area contributed by atoms with Crippen molar-refractivity contribution in [1.82, 2.24) is 4.90 Å². The fourth-order valence-corrected chi connectivity index (χ4v) is 1.93. The maximum atomic E-state index is 3.51. The second-order valence-corrected chi connectivity index (χ2v) is 4.53. The van der Waals surface area contributed by atoms with Gasteiger partial charge in [0, 0.05) is 18.8 Å². The molecule has 0 saturated heterocycles. The van der Waals surface area contributed by atoms with Crippen molar-refractivity contribution in [3.63, 3.8) is 0 Å². The summed E-state index contributed by atoms with van der Waals surface area (Å²) in [6.45, 7) is 11.2. The molecule has 0 saturated carbocycles. The highest BCUT2D eigenvalue weighted by Gasteiger charge is 2.01. The van der Waals surface area contributed by atoms with E-state index in [1.807, 2.05) is 0 Å². The first-order valence-corrected chi connectivity index (χ1v) is 6.79. The van der Waals surface area contributed by atoms with E-state index < -0.39 is 0 Å². The monoisotopic (exact) mass is 234 g/mol. The maximum absolute atomic E-state index is 3.51. The van der Waals surface area contributed by atoms with Crippen molar-refractivity contribution in [3.05, 3.63) is 29.8 Å². The minimum absolute atomic E-state index is 1.03. The van der Waals surface area contributed by atoms with Crippen LogP contribution in [0.2, 0.25) is 0 Å². The van der Waals surface area contributed by atoms with Crippen molar-refractivity contribution in [1.29, 1.82) is 0 Å². The van der Waals surface area contributed by atoms with Crippen molar-refractivity contribution in [2.75, 3.05) is 31.5 Å². The summed E-state index contributed by atoms with van der Waals surface area (Å²) in [6.07, 6.45) is 2.58. The Hall–Kier alpha value is -1.02. The maximum Gasteiger partial charge on any atom is 0.0370 e. The zero-order valence-electron chi connectivity index (χ0n) is 11.5. The van der Waals surface area contributed by atoms with Crippen LogP contribution < -0.4 is 5.32 Å². The van der Waals surface area contributed by atoms with E-state index in [9.17, 15) is 0 Å². The molecule has 1 N–H and O–H groups in total. The molecule has 96 valence electrons. The minimum atomic E-state index is 1.03. The number of benzene rings is 1. The molecule has 0 aromatic heterocycles. The van der Waals surface area contributed by atoms with Crippen molar-refractivity contribution >= 4 is 5.69 Å². The van der Waals surface area contributed by atoms with Gasteiger partial charge in [0.2, 0.25) is 0 Å².